The minimum Gasteiger partial charge on any atom is -0.462 e. The molecular formula is C77H138O17P2. The number of unbranched alkanes of at least 4 members (excludes halogenated alkanes) is 34. The first-order valence-corrected chi connectivity index (χ1v) is 41.2. The Labute approximate surface area is 583 Å². The molecule has 0 radical (unpaired) electrons. The second-order valence-corrected chi connectivity index (χ2v) is 28.5. The van der Waals surface area contributed by atoms with Crippen molar-refractivity contribution >= 4 is 39.5 Å². The van der Waals surface area contributed by atoms with Gasteiger partial charge in [-0.2, -0.15) is 0 Å². The molecule has 0 rings (SSSR count). The standard InChI is InChI=1S/C77H138O17P2/c1-5-9-13-17-21-25-29-33-35-39-41-45-49-53-57-61-74(79)87-67-72(93-76(81)63-59-55-51-47-43-37-31-27-23-19-15-11-7-3)69-91-95(83,84)89-65-71(78)66-90-96(85,86)92-70-73(94-77(82)64-60-56-52-48-44-38-32-28-24-20-16-12-8-4)68-88-75(80)62-58-54-50-46-42-40-36-34-30-26-22-18-14-10-6-2/h9,13,16,20-21,25,28,32-36,71-73,78H,5-8,10-12,14-15,17-19,22-24,26-27,29-31,37-70H2,1-4H3,(H,83,84)(H,85,86)/b13-9-,20-16-,25-21-,32-28-,35-33-,36-34-. The second-order valence-electron chi connectivity index (χ2n) is 25.6. The number of hydrogen-bond acceptors (Lipinski definition) is 15. The van der Waals surface area contributed by atoms with Crippen molar-refractivity contribution in [2.24, 2.45) is 0 Å². The number of carbonyl (C=O) groups excluding carboxylic acids is 4. The zero-order valence-electron chi connectivity index (χ0n) is 60.8. The Balaban J connectivity index is 5.33. The first kappa shape index (κ1) is 92.5. The Morgan fingerprint density at radius 1 is 0.302 bits per heavy atom. The molecule has 5 unspecified atom stereocenters. The summed E-state index contributed by atoms with van der Waals surface area (Å²) in [6, 6.07) is 0. The van der Waals surface area contributed by atoms with Crippen molar-refractivity contribution in [2.45, 2.75) is 354 Å². The van der Waals surface area contributed by atoms with Crippen LogP contribution >= 0.6 is 15.6 Å². The number of allylic oxidation sites excluding steroid dienone is 12. The molecule has 96 heavy (non-hydrogen) atoms. The third-order valence-electron chi connectivity index (χ3n) is 16.1. The fourth-order valence-electron chi connectivity index (χ4n) is 10.3. The number of rotatable bonds is 72. The van der Waals surface area contributed by atoms with Gasteiger partial charge in [0.05, 0.1) is 26.4 Å². The van der Waals surface area contributed by atoms with E-state index in [2.05, 4.69) is 101 Å². The van der Waals surface area contributed by atoms with Gasteiger partial charge in [-0.3, -0.25) is 37.3 Å². The summed E-state index contributed by atoms with van der Waals surface area (Å²) in [5.74, 6) is -2.19. The number of aliphatic hydroxyl groups excluding tert-OH is 1. The smallest absolute Gasteiger partial charge is 0.462 e. The van der Waals surface area contributed by atoms with Gasteiger partial charge in [0.2, 0.25) is 0 Å². The Hall–Kier alpha value is -3.50. The third-order valence-corrected chi connectivity index (χ3v) is 18.0. The van der Waals surface area contributed by atoms with Crippen LogP contribution in [-0.4, -0.2) is 96.7 Å². The van der Waals surface area contributed by atoms with Crippen molar-refractivity contribution in [3.05, 3.63) is 72.9 Å². The Bertz CT molecular complexity index is 2110. The molecule has 5 atom stereocenters. The van der Waals surface area contributed by atoms with Crippen molar-refractivity contribution < 1.29 is 80.2 Å². The van der Waals surface area contributed by atoms with Gasteiger partial charge in [-0.15, -0.1) is 0 Å². The lowest BCUT2D eigenvalue weighted by atomic mass is 10.0. The van der Waals surface area contributed by atoms with E-state index in [-0.39, 0.29) is 25.7 Å². The summed E-state index contributed by atoms with van der Waals surface area (Å²) in [5.41, 5.74) is 0. The zero-order chi connectivity index (χ0) is 70.4. The van der Waals surface area contributed by atoms with Crippen LogP contribution < -0.4 is 0 Å². The van der Waals surface area contributed by atoms with Gasteiger partial charge in [-0.05, 0) is 109 Å². The zero-order valence-corrected chi connectivity index (χ0v) is 62.6. The van der Waals surface area contributed by atoms with Gasteiger partial charge in [-0.25, -0.2) is 9.13 Å². The van der Waals surface area contributed by atoms with E-state index in [4.69, 9.17) is 37.0 Å². The van der Waals surface area contributed by atoms with E-state index in [0.29, 0.717) is 25.7 Å². The molecule has 0 fully saturated rings. The van der Waals surface area contributed by atoms with Crippen LogP contribution in [0.25, 0.3) is 0 Å². The highest BCUT2D eigenvalue weighted by Gasteiger charge is 2.30. The maximum atomic E-state index is 13.1. The lowest BCUT2D eigenvalue weighted by Crippen LogP contribution is -2.30. The fourth-order valence-corrected chi connectivity index (χ4v) is 11.9. The summed E-state index contributed by atoms with van der Waals surface area (Å²) in [6.45, 7) is 4.69. The molecule has 0 saturated carbocycles. The van der Waals surface area contributed by atoms with E-state index in [1.165, 1.54) is 89.9 Å². The van der Waals surface area contributed by atoms with Crippen LogP contribution in [0.15, 0.2) is 72.9 Å². The van der Waals surface area contributed by atoms with E-state index in [9.17, 15) is 43.2 Å². The van der Waals surface area contributed by atoms with Crippen molar-refractivity contribution in [1.29, 1.82) is 0 Å². The summed E-state index contributed by atoms with van der Waals surface area (Å²) in [5, 5.41) is 10.6. The Kier molecular flexibility index (Phi) is 67.4. The van der Waals surface area contributed by atoms with Crippen LogP contribution in [0.4, 0.5) is 0 Å². The Morgan fingerprint density at radius 2 is 0.562 bits per heavy atom. The first-order chi connectivity index (χ1) is 46.7. The van der Waals surface area contributed by atoms with Crippen LogP contribution in [0, 0.1) is 0 Å². The number of aliphatic hydroxyl groups is 1. The number of esters is 4. The first-order valence-electron chi connectivity index (χ1n) is 38.2. The molecule has 19 heteroatoms. The van der Waals surface area contributed by atoms with Gasteiger partial charge in [0.25, 0.3) is 0 Å². The molecule has 0 aromatic rings. The monoisotopic (exact) mass is 1400 g/mol. The number of carbonyl (C=O) groups is 4. The van der Waals surface area contributed by atoms with E-state index in [0.717, 1.165) is 167 Å². The van der Waals surface area contributed by atoms with Crippen molar-refractivity contribution in [1.82, 2.24) is 0 Å². The summed E-state index contributed by atoms with van der Waals surface area (Å²) < 4.78 is 68.4. The predicted octanol–water partition coefficient (Wildman–Crippen LogP) is 21.7. The normalized spacial score (nSPS) is 14.4. The van der Waals surface area contributed by atoms with Crippen molar-refractivity contribution in [3.8, 4) is 0 Å². The van der Waals surface area contributed by atoms with Gasteiger partial charge in [0.1, 0.15) is 19.3 Å². The average Bonchev–Trinajstić information content (AvgIpc) is 1.14. The molecule has 0 aromatic carbocycles. The van der Waals surface area contributed by atoms with E-state index < -0.39 is 97.5 Å². The number of ether oxygens (including phenoxy) is 4. The highest BCUT2D eigenvalue weighted by molar-refractivity contribution is 7.47. The Morgan fingerprint density at radius 3 is 0.885 bits per heavy atom. The quantitative estimate of drug-likeness (QED) is 0.0169. The SMILES string of the molecule is CC/C=C\C/C=C\C/C=C\CCCCCCCC(=O)OCC(COP(=O)(O)OCC(O)COP(=O)(O)OCC(COC(=O)CCCCCCC/C=C\CCCCCCCC)OC(=O)CCCCCCC/C=C\C/C=C\CCC)OC(=O)CCCCCCCCCCCCCCC. The molecule has 0 saturated heterocycles. The van der Waals surface area contributed by atoms with E-state index in [1.807, 2.05) is 0 Å². The third kappa shape index (κ3) is 69.0. The van der Waals surface area contributed by atoms with E-state index in [1.54, 1.807) is 0 Å². The van der Waals surface area contributed by atoms with Gasteiger partial charge >= 0.3 is 39.5 Å². The summed E-state index contributed by atoms with van der Waals surface area (Å²) in [7, 11) is -9.94. The highest BCUT2D eigenvalue weighted by Crippen LogP contribution is 2.45. The van der Waals surface area contributed by atoms with Crippen molar-refractivity contribution in [2.75, 3.05) is 39.6 Å². The lowest BCUT2D eigenvalue weighted by molar-refractivity contribution is -0.161. The summed E-state index contributed by atoms with van der Waals surface area (Å²) >= 11 is 0. The molecule has 3 N–H and O–H groups in total. The highest BCUT2D eigenvalue weighted by atomic mass is 31.2. The van der Waals surface area contributed by atoms with Crippen LogP contribution in [-0.2, 0) is 65.4 Å². The fraction of sp³-hybridized carbons (Fsp3) is 0.792. The minimum absolute atomic E-state index is 0.0797. The molecule has 0 aliphatic heterocycles. The molecular weight excluding hydrogens is 1260 g/mol. The van der Waals surface area contributed by atoms with Crippen LogP contribution in [0.1, 0.15) is 336 Å². The van der Waals surface area contributed by atoms with Gasteiger partial charge < -0.3 is 33.8 Å². The van der Waals surface area contributed by atoms with Gasteiger partial charge in [0, 0.05) is 25.7 Å². The molecule has 0 heterocycles. The second kappa shape index (κ2) is 70.0. The topological polar surface area (TPSA) is 237 Å². The van der Waals surface area contributed by atoms with Crippen molar-refractivity contribution in [3.63, 3.8) is 0 Å². The summed E-state index contributed by atoms with van der Waals surface area (Å²) in [6.07, 6.45) is 68.9. The number of hydrogen-bond donors (Lipinski definition) is 3. The molecule has 0 spiro atoms. The largest absolute Gasteiger partial charge is 0.472 e. The summed E-state index contributed by atoms with van der Waals surface area (Å²) in [4.78, 5) is 72.8. The number of phosphoric acid groups is 2. The molecule has 0 aromatic heterocycles. The molecule has 0 aliphatic rings. The lowest BCUT2D eigenvalue weighted by Gasteiger charge is -2.21. The van der Waals surface area contributed by atoms with E-state index >= 15 is 0 Å². The molecule has 0 aliphatic carbocycles. The molecule has 558 valence electrons. The molecule has 17 nitrogen and oxygen atoms in total. The predicted molar refractivity (Wildman–Crippen MR) is 390 cm³/mol. The molecule has 0 bridgehead atoms. The van der Waals surface area contributed by atoms with Crippen LogP contribution in [0.3, 0.4) is 0 Å². The van der Waals surface area contributed by atoms with Gasteiger partial charge in [0.15, 0.2) is 12.2 Å². The number of phosphoric ester groups is 2. The van der Waals surface area contributed by atoms with Crippen LogP contribution in [0.2, 0.25) is 0 Å². The van der Waals surface area contributed by atoms with Gasteiger partial charge in [-0.1, -0.05) is 274 Å². The molecule has 0 amide bonds. The minimum atomic E-state index is -4.97. The maximum absolute atomic E-state index is 13.1. The van der Waals surface area contributed by atoms with Crippen LogP contribution in [0.5, 0.6) is 0 Å². The average molecular weight is 1400 g/mol. The maximum Gasteiger partial charge on any atom is 0.472 e.